The van der Waals surface area contributed by atoms with Crippen molar-refractivity contribution in [2.24, 2.45) is 0 Å². The molecular formula is C19H22FNO2. The molecule has 2 aromatic rings. The molecule has 0 aliphatic heterocycles. The quantitative estimate of drug-likeness (QED) is 0.905. The fourth-order valence-corrected chi connectivity index (χ4v) is 2.27. The summed E-state index contributed by atoms with van der Waals surface area (Å²) < 4.78 is 18.9. The minimum atomic E-state index is -0.384. The van der Waals surface area contributed by atoms with Crippen LogP contribution in [-0.2, 0) is 10.2 Å². The summed E-state index contributed by atoms with van der Waals surface area (Å²) >= 11 is 0. The SMILES string of the molecule is Cc1ccc(F)cc1NC(=O)COc1ccccc1C(C)(C)C. The zero-order valence-electron chi connectivity index (χ0n) is 13.9. The second kappa shape index (κ2) is 6.82. The Bertz CT molecular complexity index is 705. The van der Waals surface area contributed by atoms with Gasteiger partial charge in [-0.15, -0.1) is 0 Å². The zero-order chi connectivity index (χ0) is 17.0. The lowest BCUT2D eigenvalue weighted by molar-refractivity contribution is -0.118. The van der Waals surface area contributed by atoms with Crippen molar-refractivity contribution in [2.45, 2.75) is 33.1 Å². The maximum atomic E-state index is 13.2. The number of benzene rings is 2. The molecule has 0 aliphatic rings. The van der Waals surface area contributed by atoms with Crippen LogP contribution in [0, 0.1) is 12.7 Å². The van der Waals surface area contributed by atoms with E-state index in [1.54, 1.807) is 6.07 Å². The highest BCUT2D eigenvalue weighted by Crippen LogP contribution is 2.30. The maximum absolute atomic E-state index is 13.2. The first-order chi connectivity index (χ1) is 10.8. The van der Waals surface area contributed by atoms with Gasteiger partial charge in [0.05, 0.1) is 0 Å². The third-order valence-electron chi connectivity index (χ3n) is 3.53. The molecule has 0 saturated heterocycles. The van der Waals surface area contributed by atoms with Crippen LogP contribution in [0.2, 0.25) is 0 Å². The van der Waals surface area contributed by atoms with Crippen LogP contribution in [-0.4, -0.2) is 12.5 Å². The number of rotatable bonds is 4. The van der Waals surface area contributed by atoms with Gasteiger partial charge in [-0.25, -0.2) is 4.39 Å². The Kier molecular flexibility index (Phi) is 5.04. The summed E-state index contributed by atoms with van der Waals surface area (Å²) in [6.07, 6.45) is 0. The molecule has 0 aliphatic carbocycles. The van der Waals surface area contributed by atoms with Gasteiger partial charge in [0.25, 0.3) is 5.91 Å². The Hall–Kier alpha value is -2.36. The molecule has 122 valence electrons. The number of hydrogen-bond donors (Lipinski definition) is 1. The van der Waals surface area contributed by atoms with Gasteiger partial charge in [0, 0.05) is 5.69 Å². The van der Waals surface area contributed by atoms with Crippen molar-refractivity contribution in [1.82, 2.24) is 0 Å². The van der Waals surface area contributed by atoms with Crippen LogP contribution in [0.1, 0.15) is 31.9 Å². The molecule has 0 bridgehead atoms. The zero-order valence-corrected chi connectivity index (χ0v) is 13.9. The highest BCUT2D eigenvalue weighted by molar-refractivity contribution is 5.92. The fourth-order valence-electron chi connectivity index (χ4n) is 2.27. The number of halogens is 1. The summed E-state index contributed by atoms with van der Waals surface area (Å²) in [4.78, 5) is 12.1. The van der Waals surface area contributed by atoms with E-state index in [0.717, 1.165) is 11.1 Å². The van der Waals surface area contributed by atoms with E-state index in [0.29, 0.717) is 11.4 Å². The molecule has 0 spiro atoms. The highest BCUT2D eigenvalue weighted by atomic mass is 19.1. The molecule has 1 N–H and O–H groups in total. The first-order valence-corrected chi connectivity index (χ1v) is 7.55. The molecule has 0 aromatic heterocycles. The highest BCUT2D eigenvalue weighted by Gasteiger charge is 2.19. The molecule has 0 fully saturated rings. The number of carbonyl (C=O) groups is 1. The maximum Gasteiger partial charge on any atom is 0.262 e. The topological polar surface area (TPSA) is 38.3 Å². The summed E-state index contributed by atoms with van der Waals surface area (Å²) in [7, 11) is 0. The number of carbonyl (C=O) groups excluding carboxylic acids is 1. The molecule has 2 aromatic carbocycles. The van der Waals surface area contributed by atoms with Crippen molar-refractivity contribution in [1.29, 1.82) is 0 Å². The van der Waals surface area contributed by atoms with Gasteiger partial charge in [-0.2, -0.15) is 0 Å². The second-order valence-electron chi connectivity index (χ2n) is 6.54. The van der Waals surface area contributed by atoms with Crippen molar-refractivity contribution < 1.29 is 13.9 Å². The molecule has 2 rings (SSSR count). The Morgan fingerprint density at radius 3 is 2.57 bits per heavy atom. The average molecular weight is 315 g/mol. The van der Waals surface area contributed by atoms with E-state index in [4.69, 9.17) is 4.74 Å². The number of ether oxygens (including phenoxy) is 1. The van der Waals surface area contributed by atoms with Gasteiger partial charge in [0.2, 0.25) is 0 Å². The van der Waals surface area contributed by atoms with E-state index in [-0.39, 0.29) is 23.7 Å². The lowest BCUT2D eigenvalue weighted by Crippen LogP contribution is -2.22. The molecule has 0 radical (unpaired) electrons. The molecule has 0 atom stereocenters. The number of amides is 1. The standard InChI is InChI=1S/C19H22FNO2/c1-13-9-10-14(20)11-16(13)21-18(22)12-23-17-8-6-5-7-15(17)19(2,3)4/h5-11H,12H2,1-4H3,(H,21,22). The largest absolute Gasteiger partial charge is 0.483 e. The van der Waals surface area contributed by atoms with Crippen LogP contribution in [0.25, 0.3) is 0 Å². The fraction of sp³-hybridized carbons (Fsp3) is 0.316. The van der Waals surface area contributed by atoms with E-state index in [1.165, 1.54) is 12.1 Å². The molecular weight excluding hydrogens is 293 g/mol. The molecule has 4 heteroatoms. The summed E-state index contributed by atoms with van der Waals surface area (Å²) in [5.74, 6) is -0.0153. The van der Waals surface area contributed by atoms with Crippen LogP contribution in [0.3, 0.4) is 0 Å². The molecule has 0 heterocycles. The van der Waals surface area contributed by atoms with Gasteiger partial charge < -0.3 is 10.1 Å². The number of para-hydroxylation sites is 1. The van der Waals surface area contributed by atoms with Gasteiger partial charge in [-0.05, 0) is 41.7 Å². The molecule has 1 amide bonds. The Labute approximate surface area is 136 Å². The second-order valence-corrected chi connectivity index (χ2v) is 6.54. The third-order valence-corrected chi connectivity index (χ3v) is 3.53. The van der Waals surface area contributed by atoms with Crippen molar-refractivity contribution >= 4 is 11.6 Å². The predicted molar refractivity (Wildman–Crippen MR) is 90.4 cm³/mol. The predicted octanol–water partition coefficient (Wildman–Crippen LogP) is 4.45. The summed E-state index contributed by atoms with van der Waals surface area (Å²) in [5.41, 5.74) is 2.22. The average Bonchev–Trinajstić information content (AvgIpc) is 2.48. The first kappa shape index (κ1) is 17.0. The van der Waals surface area contributed by atoms with Gasteiger partial charge in [0.15, 0.2) is 6.61 Å². The Balaban J connectivity index is 2.04. The number of aryl methyl sites for hydroxylation is 1. The third kappa shape index (κ3) is 4.55. The molecule has 3 nitrogen and oxygen atoms in total. The Morgan fingerprint density at radius 1 is 1.17 bits per heavy atom. The van der Waals surface area contributed by atoms with E-state index in [9.17, 15) is 9.18 Å². The van der Waals surface area contributed by atoms with E-state index in [2.05, 4.69) is 26.1 Å². The van der Waals surface area contributed by atoms with Crippen LogP contribution in [0.5, 0.6) is 5.75 Å². The lowest BCUT2D eigenvalue weighted by Gasteiger charge is -2.22. The smallest absolute Gasteiger partial charge is 0.262 e. The summed E-state index contributed by atoms with van der Waals surface area (Å²) in [6.45, 7) is 7.95. The van der Waals surface area contributed by atoms with Crippen LogP contribution >= 0.6 is 0 Å². The van der Waals surface area contributed by atoms with Crippen molar-refractivity contribution in [3.63, 3.8) is 0 Å². The Morgan fingerprint density at radius 2 is 1.87 bits per heavy atom. The van der Waals surface area contributed by atoms with Crippen LogP contribution < -0.4 is 10.1 Å². The number of hydrogen-bond acceptors (Lipinski definition) is 2. The van der Waals surface area contributed by atoms with E-state index in [1.807, 2.05) is 31.2 Å². The van der Waals surface area contributed by atoms with E-state index >= 15 is 0 Å². The van der Waals surface area contributed by atoms with E-state index < -0.39 is 0 Å². The van der Waals surface area contributed by atoms with Crippen molar-refractivity contribution in [2.75, 3.05) is 11.9 Å². The normalized spacial score (nSPS) is 11.2. The van der Waals surface area contributed by atoms with Crippen LogP contribution in [0.4, 0.5) is 10.1 Å². The molecule has 0 saturated carbocycles. The molecule has 23 heavy (non-hydrogen) atoms. The monoisotopic (exact) mass is 315 g/mol. The van der Waals surface area contributed by atoms with Gasteiger partial charge >= 0.3 is 0 Å². The van der Waals surface area contributed by atoms with Gasteiger partial charge in [0.1, 0.15) is 11.6 Å². The summed E-state index contributed by atoms with van der Waals surface area (Å²) in [6, 6.07) is 12.0. The first-order valence-electron chi connectivity index (χ1n) is 7.55. The minimum absolute atomic E-state index is 0.0772. The van der Waals surface area contributed by atoms with Crippen LogP contribution in [0.15, 0.2) is 42.5 Å². The minimum Gasteiger partial charge on any atom is -0.483 e. The van der Waals surface area contributed by atoms with Gasteiger partial charge in [-0.1, -0.05) is 45.0 Å². The summed E-state index contributed by atoms with van der Waals surface area (Å²) in [5, 5.41) is 2.68. The number of nitrogens with one attached hydrogen (secondary N) is 1. The van der Waals surface area contributed by atoms with Gasteiger partial charge in [-0.3, -0.25) is 4.79 Å². The number of anilines is 1. The molecule has 0 unspecified atom stereocenters. The van der Waals surface area contributed by atoms with Crippen molar-refractivity contribution in [3.05, 3.63) is 59.4 Å². The lowest BCUT2D eigenvalue weighted by atomic mass is 9.86. The van der Waals surface area contributed by atoms with Crippen molar-refractivity contribution in [3.8, 4) is 5.75 Å².